The Bertz CT molecular complexity index is 1440. The predicted molar refractivity (Wildman–Crippen MR) is 134 cm³/mol. The normalized spacial score (nSPS) is 21.3. The summed E-state index contributed by atoms with van der Waals surface area (Å²) in [4.78, 5) is 34.9. The summed E-state index contributed by atoms with van der Waals surface area (Å²) in [6.45, 7) is 6.44. The van der Waals surface area contributed by atoms with Crippen molar-refractivity contribution in [3.63, 3.8) is 0 Å². The maximum absolute atomic E-state index is 12.4. The summed E-state index contributed by atoms with van der Waals surface area (Å²) < 4.78 is 7.31. The van der Waals surface area contributed by atoms with Crippen LogP contribution in [0, 0.1) is 13.8 Å². The minimum absolute atomic E-state index is 0.360. The van der Waals surface area contributed by atoms with Crippen molar-refractivity contribution >= 4 is 22.9 Å². The summed E-state index contributed by atoms with van der Waals surface area (Å²) in [6, 6.07) is 5.81. The van der Waals surface area contributed by atoms with Crippen LogP contribution >= 0.6 is 0 Å². The van der Waals surface area contributed by atoms with Crippen molar-refractivity contribution in [2.24, 2.45) is 0 Å². The van der Waals surface area contributed by atoms with Gasteiger partial charge in [-0.1, -0.05) is 0 Å². The van der Waals surface area contributed by atoms with Gasteiger partial charge in [0.25, 0.3) is 5.91 Å². The lowest BCUT2D eigenvalue weighted by molar-refractivity contribution is -0.137. The summed E-state index contributed by atoms with van der Waals surface area (Å²) in [5.41, 5.74) is 4.34. The lowest BCUT2D eigenvalue weighted by Crippen LogP contribution is -2.42. The number of aliphatic hydroxyl groups excluding tert-OH is 2. The number of fused-ring (bicyclic) bond motifs is 1. The largest absolute Gasteiger partial charge is 0.387 e. The van der Waals surface area contributed by atoms with Crippen LogP contribution in [-0.2, 0) is 16.1 Å². The molecule has 192 valence electrons. The third kappa shape index (κ3) is 4.86. The van der Waals surface area contributed by atoms with Crippen molar-refractivity contribution in [3.8, 4) is 11.4 Å². The molecule has 5 heterocycles. The molecule has 0 unspecified atom stereocenters. The first kappa shape index (κ1) is 24.7. The zero-order valence-electron chi connectivity index (χ0n) is 20.7. The smallest absolute Gasteiger partial charge is 0.252 e. The average Bonchev–Trinajstić information content (AvgIpc) is 3.43. The monoisotopic (exact) mass is 504 g/mol. The van der Waals surface area contributed by atoms with E-state index in [0.29, 0.717) is 41.5 Å². The van der Waals surface area contributed by atoms with Gasteiger partial charge in [0.1, 0.15) is 12.2 Å². The van der Waals surface area contributed by atoms with Gasteiger partial charge in [-0.25, -0.2) is 15.0 Å². The molecule has 0 aromatic carbocycles. The Hall–Kier alpha value is -4.00. The maximum Gasteiger partial charge on any atom is 0.252 e. The van der Waals surface area contributed by atoms with Crippen LogP contribution in [0.2, 0.25) is 0 Å². The van der Waals surface area contributed by atoms with Gasteiger partial charge in [0.15, 0.2) is 35.1 Å². The minimum Gasteiger partial charge on any atom is -0.387 e. The standard InChI is InChI=1S/C25H28N8O4/c1-4-27-24(36)20-18(34)19(35)25(37-20)33-12-30-17-22(29-11-16-8-13(2)5-6-28-16)31-21(32-23(17)33)15-7-14(3)9-26-10-15/h5-10,12,18-20,25,34-35H,4,11H2,1-3H3,(H,27,36)(H,29,31,32)/t18-,19+,20-,25+/m0/s1. The Balaban J connectivity index is 1.56. The number of aliphatic hydroxyl groups is 2. The Morgan fingerprint density at radius 1 is 1.11 bits per heavy atom. The van der Waals surface area contributed by atoms with Crippen molar-refractivity contribution in [2.75, 3.05) is 11.9 Å². The number of hydrogen-bond acceptors (Lipinski definition) is 10. The van der Waals surface area contributed by atoms with E-state index < -0.39 is 30.4 Å². The minimum atomic E-state index is -1.42. The highest BCUT2D eigenvalue weighted by Crippen LogP contribution is 2.33. The number of rotatable bonds is 7. The van der Waals surface area contributed by atoms with Crippen LogP contribution in [0.5, 0.6) is 0 Å². The number of amides is 1. The molecule has 12 heteroatoms. The van der Waals surface area contributed by atoms with E-state index in [1.165, 1.54) is 10.9 Å². The quantitative estimate of drug-likeness (QED) is 0.288. The van der Waals surface area contributed by atoms with Crippen LogP contribution in [-0.4, -0.2) is 70.5 Å². The molecule has 1 aliphatic heterocycles. The van der Waals surface area contributed by atoms with Crippen LogP contribution in [0.1, 0.15) is 30.0 Å². The highest BCUT2D eigenvalue weighted by molar-refractivity contribution is 5.85. The average molecular weight is 505 g/mol. The fourth-order valence-electron chi connectivity index (χ4n) is 4.28. The SMILES string of the molecule is CCNC(=O)[C@H]1O[C@@H](n2cnc3c(NCc4cc(C)ccn4)nc(-c4cncc(C)c4)nc32)[C@H](O)[C@@H]1O. The lowest BCUT2D eigenvalue weighted by atomic mass is 10.1. The summed E-state index contributed by atoms with van der Waals surface area (Å²) >= 11 is 0. The van der Waals surface area contributed by atoms with Crippen molar-refractivity contribution < 1.29 is 19.7 Å². The number of pyridine rings is 2. The van der Waals surface area contributed by atoms with Crippen molar-refractivity contribution in [2.45, 2.75) is 51.9 Å². The molecule has 1 fully saturated rings. The third-order valence-electron chi connectivity index (χ3n) is 6.09. The zero-order valence-corrected chi connectivity index (χ0v) is 20.7. The maximum atomic E-state index is 12.4. The second kappa shape index (κ2) is 10.2. The first-order valence-electron chi connectivity index (χ1n) is 12.0. The van der Waals surface area contributed by atoms with E-state index in [1.807, 2.05) is 32.0 Å². The molecule has 0 spiro atoms. The number of carbonyl (C=O) groups excluding carboxylic acids is 1. The first-order chi connectivity index (χ1) is 17.9. The van der Waals surface area contributed by atoms with Gasteiger partial charge in [0, 0.05) is 30.7 Å². The predicted octanol–water partition coefficient (Wildman–Crippen LogP) is 1.27. The van der Waals surface area contributed by atoms with Crippen LogP contribution < -0.4 is 10.6 Å². The molecular weight excluding hydrogens is 476 g/mol. The molecule has 1 aliphatic rings. The third-order valence-corrected chi connectivity index (χ3v) is 6.09. The fraction of sp³-hybridized carbons (Fsp3) is 0.360. The van der Waals surface area contributed by atoms with Gasteiger partial charge >= 0.3 is 0 Å². The number of ether oxygens (including phenoxy) is 1. The number of aryl methyl sites for hydroxylation is 2. The Morgan fingerprint density at radius 2 is 1.95 bits per heavy atom. The Morgan fingerprint density at radius 3 is 2.70 bits per heavy atom. The molecule has 5 rings (SSSR count). The van der Waals surface area contributed by atoms with Gasteiger partial charge in [-0.2, -0.15) is 0 Å². The fourth-order valence-corrected chi connectivity index (χ4v) is 4.28. The van der Waals surface area contributed by atoms with E-state index in [4.69, 9.17) is 14.7 Å². The van der Waals surface area contributed by atoms with Gasteiger partial charge in [0.05, 0.1) is 18.6 Å². The highest BCUT2D eigenvalue weighted by atomic mass is 16.6. The van der Waals surface area contributed by atoms with Crippen LogP contribution in [0.25, 0.3) is 22.6 Å². The second-order valence-electron chi connectivity index (χ2n) is 8.97. The first-order valence-corrected chi connectivity index (χ1v) is 12.0. The van der Waals surface area contributed by atoms with Crippen LogP contribution in [0.3, 0.4) is 0 Å². The number of carbonyl (C=O) groups is 1. The second-order valence-corrected chi connectivity index (χ2v) is 8.97. The lowest BCUT2D eigenvalue weighted by Gasteiger charge is -2.17. The molecule has 37 heavy (non-hydrogen) atoms. The molecule has 1 amide bonds. The van der Waals surface area contributed by atoms with Crippen molar-refractivity contribution in [3.05, 3.63) is 59.9 Å². The zero-order chi connectivity index (χ0) is 26.1. The highest BCUT2D eigenvalue weighted by Gasteiger charge is 2.47. The van der Waals surface area contributed by atoms with Gasteiger partial charge in [-0.05, 0) is 50.1 Å². The van der Waals surface area contributed by atoms with Gasteiger partial charge in [-0.15, -0.1) is 0 Å². The van der Waals surface area contributed by atoms with Gasteiger partial charge < -0.3 is 25.6 Å². The Kier molecular flexibility index (Phi) is 6.78. The van der Waals surface area contributed by atoms with E-state index in [9.17, 15) is 15.0 Å². The molecule has 12 nitrogen and oxygen atoms in total. The van der Waals surface area contributed by atoms with E-state index in [-0.39, 0.29) is 0 Å². The number of hydrogen-bond donors (Lipinski definition) is 4. The number of likely N-dealkylation sites (N-methyl/N-ethyl adjacent to an activating group) is 1. The molecule has 0 radical (unpaired) electrons. The summed E-state index contributed by atoms with van der Waals surface area (Å²) in [7, 11) is 0. The number of anilines is 1. The van der Waals surface area contributed by atoms with E-state index in [2.05, 4.69) is 25.6 Å². The molecule has 4 atom stereocenters. The molecule has 4 N–H and O–H groups in total. The number of nitrogens with zero attached hydrogens (tertiary/aromatic N) is 6. The van der Waals surface area contributed by atoms with Gasteiger partial charge in [0.2, 0.25) is 0 Å². The summed E-state index contributed by atoms with van der Waals surface area (Å²) in [5.74, 6) is 0.338. The molecule has 0 bridgehead atoms. The summed E-state index contributed by atoms with van der Waals surface area (Å²) in [6.07, 6.45) is 1.49. The van der Waals surface area contributed by atoms with E-state index >= 15 is 0 Å². The molecule has 0 aliphatic carbocycles. The molecule has 1 saturated heterocycles. The van der Waals surface area contributed by atoms with Crippen LogP contribution in [0.15, 0.2) is 43.1 Å². The van der Waals surface area contributed by atoms with Crippen LogP contribution in [0.4, 0.5) is 5.82 Å². The number of nitrogens with one attached hydrogen (secondary N) is 2. The molecule has 4 aromatic rings. The Labute approximate surface area is 212 Å². The van der Waals surface area contributed by atoms with Crippen molar-refractivity contribution in [1.29, 1.82) is 0 Å². The van der Waals surface area contributed by atoms with Crippen molar-refractivity contribution in [1.82, 2.24) is 34.8 Å². The molecule has 0 saturated carbocycles. The van der Waals surface area contributed by atoms with Gasteiger partial charge in [-0.3, -0.25) is 19.3 Å². The van der Waals surface area contributed by atoms with E-state index in [1.54, 1.807) is 25.5 Å². The molecular formula is C25H28N8O4. The number of imidazole rings is 1. The summed E-state index contributed by atoms with van der Waals surface area (Å²) in [5, 5.41) is 27.2. The van der Waals surface area contributed by atoms with E-state index in [0.717, 1.165) is 16.8 Å². The topological polar surface area (TPSA) is 160 Å². The molecule has 4 aromatic heterocycles. The number of aromatic nitrogens is 6.